The average Bonchev–Trinajstić information content (AvgIpc) is 2.76. The molecule has 2 aromatic rings. The summed E-state index contributed by atoms with van der Waals surface area (Å²) in [5.41, 5.74) is 2.40. The van der Waals surface area contributed by atoms with Crippen molar-refractivity contribution in [3.63, 3.8) is 0 Å². The molecule has 0 amide bonds. The molecule has 0 aromatic heterocycles. The van der Waals surface area contributed by atoms with Crippen molar-refractivity contribution in [1.82, 2.24) is 10.6 Å². The highest BCUT2D eigenvalue weighted by Crippen LogP contribution is 2.27. The quantitative estimate of drug-likeness (QED) is 0.344. The average molecular weight is 400 g/mol. The minimum atomic E-state index is 0.748. The minimum absolute atomic E-state index is 0.748. The third kappa shape index (κ3) is 7.22. The van der Waals surface area contributed by atoms with E-state index in [1.807, 2.05) is 30.3 Å². The van der Waals surface area contributed by atoms with Crippen molar-refractivity contribution in [2.45, 2.75) is 26.2 Å². The zero-order valence-electron chi connectivity index (χ0n) is 18.0. The molecule has 0 unspecified atom stereocenters. The van der Waals surface area contributed by atoms with E-state index in [9.17, 15) is 0 Å². The Morgan fingerprint density at radius 2 is 1.62 bits per heavy atom. The van der Waals surface area contributed by atoms with Gasteiger partial charge in [-0.05, 0) is 55.5 Å². The molecule has 0 saturated carbocycles. The third-order valence-corrected chi connectivity index (χ3v) is 4.56. The Morgan fingerprint density at radius 1 is 0.862 bits per heavy atom. The molecule has 0 radical (unpaired) electrons. The molecule has 2 aromatic carbocycles. The number of nitrogens with zero attached hydrogens (tertiary/aromatic N) is 1. The van der Waals surface area contributed by atoms with Crippen molar-refractivity contribution in [1.29, 1.82) is 0 Å². The van der Waals surface area contributed by atoms with Gasteiger partial charge in [-0.2, -0.15) is 0 Å². The van der Waals surface area contributed by atoms with Gasteiger partial charge in [-0.15, -0.1) is 0 Å². The summed E-state index contributed by atoms with van der Waals surface area (Å²) in [6, 6.07) is 14.1. The van der Waals surface area contributed by atoms with E-state index in [0.29, 0.717) is 0 Å². The molecule has 0 atom stereocenters. The normalized spacial score (nSPS) is 11.1. The summed E-state index contributed by atoms with van der Waals surface area (Å²) >= 11 is 0. The maximum atomic E-state index is 5.41. The van der Waals surface area contributed by atoms with E-state index in [0.717, 1.165) is 62.1 Å². The highest BCUT2D eigenvalue weighted by atomic mass is 16.5. The second-order valence-electron chi connectivity index (χ2n) is 6.54. The number of hydrogen-bond acceptors (Lipinski definition) is 4. The van der Waals surface area contributed by atoms with Crippen LogP contribution >= 0.6 is 0 Å². The van der Waals surface area contributed by atoms with Gasteiger partial charge in [0.05, 0.1) is 21.3 Å². The van der Waals surface area contributed by atoms with Crippen LogP contribution in [0.15, 0.2) is 47.5 Å². The fourth-order valence-electron chi connectivity index (χ4n) is 3.08. The second kappa shape index (κ2) is 12.5. The molecule has 0 saturated heterocycles. The first-order valence-electron chi connectivity index (χ1n) is 10.1. The van der Waals surface area contributed by atoms with E-state index in [1.54, 1.807) is 21.3 Å². The Hall–Kier alpha value is -2.89. The van der Waals surface area contributed by atoms with Gasteiger partial charge in [0.2, 0.25) is 0 Å². The summed E-state index contributed by atoms with van der Waals surface area (Å²) in [4.78, 5) is 4.69. The van der Waals surface area contributed by atoms with Crippen LogP contribution in [0.1, 0.15) is 24.5 Å². The summed E-state index contributed by atoms with van der Waals surface area (Å²) in [6.07, 6.45) is 2.77. The molecule has 158 valence electrons. The molecule has 0 aliphatic heterocycles. The Kier molecular flexibility index (Phi) is 9.69. The molecule has 0 fully saturated rings. The first kappa shape index (κ1) is 22.4. The van der Waals surface area contributed by atoms with E-state index < -0.39 is 0 Å². The first-order chi connectivity index (χ1) is 14.2. The van der Waals surface area contributed by atoms with E-state index >= 15 is 0 Å². The molecular weight excluding hydrogens is 366 g/mol. The third-order valence-electron chi connectivity index (χ3n) is 4.56. The molecule has 0 aliphatic rings. The van der Waals surface area contributed by atoms with Crippen molar-refractivity contribution in [2.75, 3.05) is 41.0 Å². The van der Waals surface area contributed by atoms with E-state index in [4.69, 9.17) is 14.2 Å². The van der Waals surface area contributed by atoms with Gasteiger partial charge < -0.3 is 24.8 Å². The number of nitrogens with one attached hydrogen (secondary N) is 2. The predicted molar refractivity (Wildman–Crippen MR) is 119 cm³/mol. The van der Waals surface area contributed by atoms with Crippen LogP contribution < -0.4 is 24.8 Å². The van der Waals surface area contributed by atoms with Crippen molar-refractivity contribution in [3.8, 4) is 17.2 Å². The standard InChI is InChI=1S/C23H33N3O3/c1-5-24-23(26-16-14-19-10-6-7-11-20(19)27-2)25-15-8-9-18-12-13-21(28-3)22(17-18)29-4/h6-7,10-13,17H,5,8-9,14-16H2,1-4H3,(H2,24,25,26). The number of ether oxygens (including phenoxy) is 3. The number of para-hydroxylation sites is 1. The molecule has 0 bridgehead atoms. The molecule has 0 spiro atoms. The van der Waals surface area contributed by atoms with Crippen LogP contribution in [-0.2, 0) is 12.8 Å². The smallest absolute Gasteiger partial charge is 0.191 e. The Morgan fingerprint density at radius 3 is 2.34 bits per heavy atom. The zero-order valence-corrected chi connectivity index (χ0v) is 18.0. The Bertz CT molecular complexity index is 778. The number of methoxy groups -OCH3 is 3. The zero-order chi connectivity index (χ0) is 20.9. The molecule has 2 rings (SSSR count). The molecular formula is C23H33N3O3. The van der Waals surface area contributed by atoms with Crippen LogP contribution in [0.3, 0.4) is 0 Å². The van der Waals surface area contributed by atoms with Gasteiger partial charge in [0.25, 0.3) is 0 Å². The van der Waals surface area contributed by atoms with Gasteiger partial charge in [-0.25, -0.2) is 0 Å². The molecule has 6 nitrogen and oxygen atoms in total. The number of hydrogen-bond donors (Lipinski definition) is 2. The number of guanidine groups is 1. The molecule has 29 heavy (non-hydrogen) atoms. The largest absolute Gasteiger partial charge is 0.496 e. The van der Waals surface area contributed by atoms with Gasteiger partial charge in [0, 0.05) is 19.6 Å². The van der Waals surface area contributed by atoms with Crippen molar-refractivity contribution in [3.05, 3.63) is 53.6 Å². The number of benzene rings is 2. The minimum Gasteiger partial charge on any atom is -0.496 e. The lowest BCUT2D eigenvalue weighted by Crippen LogP contribution is -2.38. The van der Waals surface area contributed by atoms with Crippen molar-refractivity contribution >= 4 is 5.96 Å². The molecule has 6 heteroatoms. The summed E-state index contributed by atoms with van der Waals surface area (Å²) in [6.45, 7) is 4.44. The van der Waals surface area contributed by atoms with Crippen LogP contribution in [0, 0.1) is 0 Å². The van der Waals surface area contributed by atoms with Gasteiger partial charge >= 0.3 is 0 Å². The number of aryl methyl sites for hydroxylation is 1. The number of rotatable bonds is 11. The summed E-state index contributed by atoms with van der Waals surface area (Å²) in [5.74, 6) is 3.28. The van der Waals surface area contributed by atoms with Crippen LogP contribution in [0.5, 0.6) is 17.2 Å². The van der Waals surface area contributed by atoms with Crippen molar-refractivity contribution in [2.24, 2.45) is 4.99 Å². The second-order valence-corrected chi connectivity index (χ2v) is 6.54. The molecule has 0 heterocycles. The van der Waals surface area contributed by atoms with E-state index in [1.165, 1.54) is 11.1 Å². The SMILES string of the molecule is CCNC(=NCCCc1ccc(OC)c(OC)c1)NCCc1ccccc1OC. The van der Waals surface area contributed by atoms with Gasteiger partial charge in [-0.1, -0.05) is 24.3 Å². The Labute approximate surface area is 174 Å². The lowest BCUT2D eigenvalue weighted by atomic mass is 10.1. The highest BCUT2D eigenvalue weighted by Gasteiger charge is 2.05. The maximum absolute atomic E-state index is 5.41. The van der Waals surface area contributed by atoms with Gasteiger partial charge in [-0.3, -0.25) is 4.99 Å². The topological polar surface area (TPSA) is 64.1 Å². The van der Waals surface area contributed by atoms with Crippen LogP contribution in [0.2, 0.25) is 0 Å². The number of aliphatic imine (C=N–C) groups is 1. The monoisotopic (exact) mass is 399 g/mol. The molecule has 2 N–H and O–H groups in total. The summed E-state index contributed by atoms with van der Waals surface area (Å²) in [5, 5.41) is 6.70. The lowest BCUT2D eigenvalue weighted by molar-refractivity contribution is 0.354. The molecule has 0 aliphatic carbocycles. The van der Waals surface area contributed by atoms with Crippen LogP contribution in [0.25, 0.3) is 0 Å². The lowest BCUT2D eigenvalue weighted by Gasteiger charge is -2.13. The Balaban J connectivity index is 1.82. The summed E-state index contributed by atoms with van der Waals surface area (Å²) in [7, 11) is 5.01. The van der Waals surface area contributed by atoms with Crippen molar-refractivity contribution < 1.29 is 14.2 Å². The fourth-order valence-corrected chi connectivity index (χ4v) is 3.08. The van der Waals surface area contributed by atoms with Crippen LogP contribution in [-0.4, -0.2) is 46.9 Å². The van der Waals surface area contributed by atoms with Gasteiger partial charge in [0.1, 0.15) is 5.75 Å². The van der Waals surface area contributed by atoms with Gasteiger partial charge in [0.15, 0.2) is 17.5 Å². The van der Waals surface area contributed by atoms with E-state index in [2.05, 4.69) is 34.7 Å². The summed E-state index contributed by atoms with van der Waals surface area (Å²) < 4.78 is 16.1. The van der Waals surface area contributed by atoms with Crippen LogP contribution in [0.4, 0.5) is 0 Å². The highest BCUT2D eigenvalue weighted by molar-refractivity contribution is 5.79. The first-order valence-corrected chi connectivity index (χ1v) is 10.1. The maximum Gasteiger partial charge on any atom is 0.191 e. The van der Waals surface area contributed by atoms with E-state index in [-0.39, 0.29) is 0 Å². The predicted octanol–water partition coefficient (Wildman–Crippen LogP) is 3.44. The fraction of sp³-hybridized carbons (Fsp3) is 0.435.